The minimum atomic E-state index is -4.50. The number of rotatable bonds is 2. The Balaban J connectivity index is 2.64. The number of hydrogen-bond donors (Lipinski definition) is 1. The Hall–Kier alpha value is -1.88. The second kappa shape index (κ2) is 5.25. The van der Waals surface area contributed by atoms with Gasteiger partial charge in [-0.3, -0.25) is 0 Å². The molecule has 0 saturated carbocycles. The van der Waals surface area contributed by atoms with Gasteiger partial charge in [-0.1, -0.05) is 24.3 Å². The molecule has 0 saturated heterocycles. The van der Waals surface area contributed by atoms with Crippen LogP contribution in [-0.2, 0) is 12.8 Å². The summed E-state index contributed by atoms with van der Waals surface area (Å²) in [5, 5.41) is 9.02. The van der Waals surface area contributed by atoms with Gasteiger partial charge in [0.15, 0.2) is 0 Å². The quantitative estimate of drug-likeness (QED) is 0.815. The number of aliphatic hydroxyl groups excluding tert-OH is 1. The van der Waals surface area contributed by atoms with Crippen molar-refractivity contribution in [1.82, 2.24) is 0 Å². The molecule has 0 aliphatic carbocycles. The van der Waals surface area contributed by atoms with Crippen molar-refractivity contribution < 1.29 is 22.7 Å². The van der Waals surface area contributed by atoms with Crippen molar-refractivity contribution in [2.45, 2.75) is 19.7 Å². The largest absolute Gasteiger partial charge is 0.417 e. The summed E-state index contributed by atoms with van der Waals surface area (Å²) in [4.78, 5) is 0. The molecule has 2 aromatic rings. The molecule has 1 N–H and O–H groups in total. The zero-order valence-electron chi connectivity index (χ0n) is 10.6. The first-order valence-electron chi connectivity index (χ1n) is 5.91. The average molecular weight is 284 g/mol. The van der Waals surface area contributed by atoms with E-state index >= 15 is 0 Å². The maximum Gasteiger partial charge on any atom is 0.417 e. The molecule has 1 nitrogen and oxygen atoms in total. The number of aliphatic hydroxyl groups is 1. The van der Waals surface area contributed by atoms with Gasteiger partial charge in [0.25, 0.3) is 0 Å². The van der Waals surface area contributed by atoms with Crippen LogP contribution >= 0.6 is 0 Å². The van der Waals surface area contributed by atoms with Crippen LogP contribution in [0.25, 0.3) is 11.1 Å². The first-order chi connectivity index (χ1) is 9.34. The predicted octanol–water partition coefficient (Wildman–Crippen LogP) is 4.31. The average Bonchev–Trinajstić information content (AvgIpc) is 2.37. The summed E-state index contributed by atoms with van der Waals surface area (Å²) in [6.07, 6.45) is -4.50. The highest BCUT2D eigenvalue weighted by Gasteiger charge is 2.33. The van der Waals surface area contributed by atoms with Crippen molar-refractivity contribution >= 4 is 0 Å². The molecule has 2 aromatic carbocycles. The van der Waals surface area contributed by atoms with Gasteiger partial charge in [-0.2, -0.15) is 13.2 Å². The molecular formula is C15H12F4O. The summed E-state index contributed by atoms with van der Waals surface area (Å²) < 4.78 is 52.6. The maximum atomic E-state index is 13.8. The third-order valence-electron chi connectivity index (χ3n) is 3.12. The minimum Gasteiger partial charge on any atom is -0.392 e. The van der Waals surface area contributed by atoms with Crippen molar-refractivity contribution in [1.29, 1.82) is 0 Å². The molecule has 5 heteroatoms. The van der Waals surface area contributed by atoms with Gasteiger partial charge >= 0.3 is 6.18 Å². The predicted molar refractivity (Wildman–Crippen MR) is 67.5 cm³/mol. The Labute approximate surface area is 113 Å². The molecule has 0 amide bonds. The molecule has 20 heavy (non-hydrogen) atoms. The summed E-state index contributed by atoms with van der Waals surface area (Å²) in [6.45, 7) is 1.06. The van der Waals surface area contributed by atoms with Gasteiger partial charge in [0.1, 0.15) is 5.82 Å². The molecule has 0 aliphatic heterocycles. The molecule has 0 aliphatic rings. The molecule has 106 valence electrons. The molecule has 0 fully saturated rings. The first-order valence-corrected chi connectivity index (χ1v) is 5.91. The highest BCUT2D eigenvalue weighted by atomic mass is 19.4. The van der Waals surface area contributed by atoms with E-state index in [-0.39, 0.29) is 16.7 Å². The van der Waals surface area contributed by atoms with Crippen molar-refractivity contribution in [3.05, 3.63) is 58.9 Å². The van der Waals surface area contributed by atoms with Crippen molar-refractivity contribution in [2.75, 3.05) is 0 Å². The fraction of sp³-hybridized carbons (Fsp3) is 0.200. The van der Waals surface area contributed by atoms with Gasteiger partial charge in [-0.15, -0.1) is 0 Å². The SMILES string of the molecule is Cc1cc(-c2ccccc2C(F)(F)F)cc(F)c1CO. The summed E-state index contributed by atoms with van der Waals surface area (Å²) in [5.41, 5.74) is -0.232. The number of hydrogen-bond acceptors (Lipinski definition) is 1. The van der Waals surface area contributed by atoms with Crippen LogP contribution in [0, 0.1) is 12.7 Å². The van der Waals surface area contributed by atoms with Gasteiger partial charge in [0, 0.05) is 5.56 Å². The standard InChI is InChI=1S/C15H12F4O/c1-9-6-10(7-14(16)12(9)8-20)11-4-2-3-5-13(11)15(17,18)19/h2-7,20H,8H2,1H3. The van der Waals surface area contributed by atoms with Crippen LogP contribution in [0.3, 0.4) is 0 Å². The van der Waals surface area contributed by atoms with Crippen molar-refractivity contribution in [2.24, 2.45) is 0 Å². The van der Waals surface area contributed by atoms with E-state index in [9.17, 15) is 17.6 Å². The molecule has 0 unspecified atom stereocenters. The van der Waals surface area contributed by atoms with E-state index in [4.69, 9.17) is 5.11 Å². The third-order valence-corrected chi connectivity index (χ3v) is 3.12. The monoisotopic (exact) mass is 284 g/mol. The molecule has 0 atom stereocenters. The lowest BCUT2D eigenvalue weighted by Gasteiger charge is -2.14. The summed E-state index contributed by atoms with van der Waals surface area (Å²) >= 11 is 0. The second-order valence-electron chi connectivity index (χ2n) is 4.45. The van der Waals surface area contributed by atoms with Gasteiger partial charge in [-0.05, 0) is 35.7 Å². The van der Waals surface area contributed by atoms with Gasteiger partial charge < -0.3 is 5.11 Å². The van der Waals surface area contributed by atoms with E-state index in [1.165, 1.54) is 24.3 Å². The number of alkyl halides is 3. The summed E-state index contributed by atoms with van der Waals surface area (Å²) in [5.74, 6) is -0.709. The fourth-order valence-corrected chi connectivity index (χ4v) is 2.11. The highest BCUT2D eigenvalue weighted by molar-refractivity contribution is 5.69. The number of halogens is 4. The van der Waals surface area contributed by atoms with Crippen LogP contribution in [0.4, 0.5) is 17.6 Å². The lowest BCUT2D eigenvalue weighted by Crippen LogP contribution is -2.07. The van der Waals surface area contributed by atoms with Crippen LogP contribution < -0.4 is 0 Å². The zero-order valence-corrected chi connectivity index (χ0v) is 10.6. The van der Waals surface area contributed by atoms with E-state index in [1.807, 2.05) is 0 Å². The molecule has 0 radical (unpaired) electrons. The Morgan fingerprint density at radius 3 is 2.30 bits per heavy atom. The van der Waals surface area contributed by atoms with Crippen molar-refractivity contribution in [3.8, 4) is 11.1 Å². The van der Waals surface area contributed by atoms with Crippen molar-refractivity contribution in [3.63, 3.8) is 0 Å². The van der Waals surface area contributed by atoms with E-state index in [1.54, 1.807) is 6.92 Å². The smallest absolute Gasteiger partial charge is 0.392 e. The molecule has 0 aromatic heterocycles. The Morgan fingerprint density at radius 2 is 1.75 bits per heavy atom. The van der Waals surface area contributed by atoms with Crippen LogP contribution in [0.5, 0.6) is 0 Å². The fourth-order valence-electron chi connectivity index (χ4n) is 2.11. The second-order valence-corrected chi connectivity index (χ2v) is 4.45. The van der Waals surface area contributed by atoms with E-state index < -0.39 is 24.2 Å². The van der Waals surface area contributed by atoms with Gasteiger partial charge in [-0.25, -0.2) is 4.39 Å². The first kappa shape index (κ1) is 14.5. The minimum absolute atomic E-state index is 0.0773. The number of benzene rings is 2. The van der Waals surface area contributed by atoms with Gasteiger partial charge in [0.05, 0.1) is 12.2 Å². The van der Waals surface area contributed by atoms with Crippen LogP contribution in [0.15, 0.2) is 36.4 Å². The summed E-state index contributed by atoms with van der Waals surface area (Å²) in [6, 6.07) is 7.48. The molecule has 0 bridgehead atoms. The number of aryl methyl sites for hydroxylation is 1. The summed E-state index contributed by atoms with van der Waals surface area (Å²) in [7, 11) is 0. The zero-order chi connectivity index (χ0) is 14.9. The maximum absolute atomic E-state index is 13.8. The third kappa shape index (κ3) is 2.67. The molecule has 2 rings (SSSR count). The van der Waals surface area contributed by atoms with Crippen LogP contribution in [0.2, 0.25) is 0 Å². The Morgan fingerprint density at radius 1 is 1.10 bits per heavy atom. The van der Waals surface area contributed by atoms with E-state index in [2.05, 4.69) is 0 Å². The lowest BCUT2D eigenvalue weighted by molar-refractivity contribution is -0.137. The van der Waals surface area contributed by atoms with Gasteiger partial charge in [0.2, 0.25) is 0 Å². The topological polar surface area (TPSA) is 20.2 Å². The normalized spacial score (nSPS) is 11.7. The molecule has 0 spiro atoms. The van der Waals surface area contributed by atoms with E-state index in [0.717, 1.165) is 12.1 Å². The van der Waals surface area contributed by atoms with Crippen LogP contribution in [-0.4, -0.2) is 5.11 Å². The Kier molecular flexibility index (Phi) is 3.81. The molecular weight excluding hydrogens is 272 g/mol. The molecule has 0 heterocycles. The van der Waals surface area contributed by atoms with E-state index in [0.29, 0.717) is 5.56 Å². The van der Waals surface area contributed by atoms with Crippen LogP contribution in [0.1, 0.15) is 16.7 Å². The highest BCUT2D eigenvalue weighted by Crippen LogP contribution is 2.37. The Bertz CT molecular complexity index is 609. The lowest BCUT2D eigenvalue weighted by atomic mass is 9.95.